The predicted octanol–water partition coefficient (Wildman–Crippen LogP) is 4.36. The molecule has 0 radical (unpaired) electrons. The van der Waals surface area contributed by atoms with Gasteiger partial charge in [0.25, 0.3) is 0 Å². The number of rotatable bonds is 3. The van der Waals surface area contributed by atoms with Crippen molar-refractivity contribution < 1.29 is 4.74 Å². The van der Waals surface area contributed by atoms with E-state index in [0.717, 1.165) is 27.8 Å². The van der Waals surface area contributed by atoms with Crippen molar-refractivity contribution in [2.24, 2.45) is 0 Å². The van der Waals surface area contributed by atoms with Crippen LogP contribution >= 0.6 is 12.2 Å². The van der Waals surface area contributed by atoms with Crippen LogP contribution in [0.25, 0.3) is 22.0 Å². The Labute approximate surface area is 122 Å². The van der Waals surface area contributed by atoms with Crippen molar-refractivity contribution in [3.05, 3.63) is 53.2 Å². The molecule has 1 heterocycles. The lowest BCUT2D eigenvalue weighted by Gasteiger charge is -2.08. The minimum atomic E-state index is 0.648. The van der Waals surface area contributed by atoms with Crippen LogP contribution in [-0.2, 0) is 0 Å². The number of ether oxygens (including phenoxy) is 1. The molecule has 100 valence electrons. The van der Waals surface area contributed by atoms with E-state index in [4.69, 9.17) is 17.0 Å². The number of hydrogen-bond acceptors (Lipinski definition) is 3. The summed E-state index contributed by atoms with van der Waals surface area (Å²) in [6, 6.07) is 15.9. The molecule has 0 fully saturated rings. The number of nitrogens with zero attached hydrogens (tertiary/aromatic N) is 1. The molecule has 3 aromatic rings. The number of hydrogen-bond donors (Lipinski definition) is 1. The van der Waals surface area contributed by atoms with E-state index < -0.39 is 0 Å². The largest absolute Gasteiger partial charge is 0.494 e. The molecule has 1 N–H and O–H groups in total. The maximum Gasteiger partial charge on any atom is 0.127 e. The van der Waals surface area contributed by atoms with Gasteiger partial charge in [-0.1, -0.05) is 48.6 Å². The fraction of sp³-hybridized carbons (Fsp3) is 0.125. The van der Waals surface area contributed by atoms with Gasteiger partial charge < -0.3 is 4.74 Å². The van der Waals surface area contributed by atoms with Crippen molar-refractivity contribution in [1.29, 1.82) is 0 Å². The molecule has 0 unspecified atom stereocenters. The minimum absolute atomic E-state index is 0.648. The molecule has 4 heteroatoms. The SMILES string of the molecule is CCOc1cccc(-c2n[nH]c(=S)c3ccccc23)c1. The summed E-state index contributed by atoms with van der Waals surface area (Å²) in [4.78, 5) is 0. The maximum atomic E-state index is 5.55. The number of fused-ring (bicyclic) bond motifs is 1. The first-order valence-electron chi connectivity index (χ1n) is 6.50. The lowest BCUT2D eigenvalue weighted by atomic mass is 10.1. The van der Waals surface area contributed by atoms with Gasteiger partial charge in [0.15, 0.2) is 0 Å². The predicted molar refractivity (Wildman–Crippen MR) is 83.5 cm³/mol. The van der Waals surface area contributed by atoms with Gasteiger partial charge in [-0.25, -0.2) is 0 Å². The van der Waals surface area contributed by atoms with Crippen LogP contribution in [0, 0.1) is 4.64 Å². The van der Waals surface area contributed by atoms with Gasteiger partial charge in [0.1, 0.15) is 10.4 Å². The van der Waals surface area contributed by atoms with Crippen LogP contribution in [0.15, 0.2) is 48.5 Å². The molecule has 1 aromatic heterocycles. The van der Waals surface area contributed by atoms with Gasteiger partial charge in [-0.2, -0.15) is 5.10 Å². The first-order chi connectivity index (χ1) is 9.79. The smallest absolute Gasteiger partial charge is 0.127 e. The van der Waals surface area contributed by atoms with Crippen molar-refractivity contribution in [2.75, 3.05) is 6.61 Å². The third-order valence-electron chi connectivity index (χ3n) is 3.11. The van der Waals surface area contributed by atoms with Gasteiger partial charge in [0.2, 0.25) is 0 Å². The molecular formula is C16H14N2OS. The maximum absolute atomic E-state index is 5.55. The molecule has 0 atom stereocenters. The molecule has 3 nitrogen and oxygen atoms in total. The summed E-state index contributed by atoms with van der Waals surface area (Å²) in [5, 5.41) is 9.36. The zero-order valence-electron chi connectivity index (χ0n) is 11.1. The van der Waals surface area contributed by atoms with E-state index in [0.29, 0.717) is 11.2 Å². The molecule has 3 rings (SSSR count). The third kappa shape index (κ3) is 2.30. The second-order valence-corrected chi connectivity index (χ2v) is 4.82. The second kappa shape index (κ2) is 5.43. The van der Waals surface area contributed by atoms with E-state index in [1.807, 2.05) is 55.5 Å². The lowest BCUT2D eigenvalue weighted by molar-refractivity contribution is 0.340. The number of aromatic amines is 1. The molecular weight excluding hydrogens is 268 g/mol. The topological polar surface area (TPSA) is 37.9 Å². The van der Waals surface area contributed by atoms with Crippen molar-refractivity contribution in [3.8, 4) is 17.0 Å². The van der Waals surface area contributed by atoms with Crippen molar-refractivity contribution in [3.63, 3.8) is 0 Å². The van der Waals surface area contributed by atoms with E-state index in [9.17, 15) is 0 Å². The molecule has 0 aliphatic heterocycles. The Bertz CT molecular complexity index is 811. The second-order valence-electron chi connectivity index (χ2n) is 4.41. The van der Waals surface area contributed by atoms with Gasteiger partial charge in [-0.15, -0.1) is 0 Å². The van der Waals surface area contributed by atoms with E-state index in [1.165, 1.54) is 0 Å². The summed E-state index contributed by atoms with van der Waals surface area (Å²) >= 11 is 5.29. The molecule has 0 aliphatic carbocycles. The molecule has 0 spiro atoms. The average Bonchev–Trinajstić information content (AvgIpc) is 2.49. The summed E-state index contributed by atoms with van der Waals surface area (Å²) in [7, 11) is 0. The molecule has 0 aliphatic rings. The van der Waals surface area contributed by atoms with E-state index in [-0.39, 0.29) is 0 Å². The van der Waals surface area contributed by atoms with Crippen LogP contribution in [0.2, 0.25) is 0 Å². The molecule has 0 saturated carbocycles. The first-order valence-corrected chi connectivity index (χ1v) is 6.91. The number of aromatic nitrogens is 2. The van der Waals surface area contributed by atoms with Gasteiger partial charge in [-0.05, 0) is 19.1 Å². The minimum Gasteiger partial charge on any atom is -0.494 e. The summed E-state index contributed by atoms with van der Waals surface area (Å²) in [6.45, 7) is 2.62. The first kappa shape index (κ1) is 12.8. The van der Waals surface area contributed by atoms with Crippen LogP contribution in [0.4, 0.5) is 0 Å². The summed E-state index contributed by atoms with van der Waals surface area (Å²) in [6.07, 6.45) is 0. The highest BCUT2D eigenvalue weighted by atomic mass is 32.1. The van der Waals surface area contributed by atoms with Crippen LogP contribution < -0.4 is 4.74 Å². The van der Waals surface area contributed by atoms with Gasteiger partial charge in [-0.3, -0.25) is 5.10 Å². The summed E-state index contributed by atoms with van der Waals surface area (Å²) in [5.74, 6) is 0.846. The zero-order chi connectivity index (χ0) is 13.9. The normalized spacial score (nSPS) is 10.7. The van der Waals surface area contributed by atoms with Crippen LogP contribution in [-0.4, -0.2) is 16.8 Å². The van der Waals surface area contributed by atoms with Gasteiger partial charge >= 0.3 is 0 Å². The highest BCUT2D eigenvalue weighted by molar-refractivity contribution is 7.71. The summed E-state index contributed by atoms with van der Waals surface area (Å²) in [5.41, 5.74) is 1.90. The molecule has 0 amide bonds. The fourth-order valence-electron chi connectivity index (χ4n) is 2.23. The molecule has 20 heavy (non-hydrogen) atoms. The Morgan fingerprint density at radius 2 is 1.90 bits per heavy atom. The Balaban J connectivity index is 2.22. The van der Waals surface area contributed by atoms with Gasteiger partial charge in [0.05, 0.1) is 12.3 Å². The summed E-state index contributed by atoms with van der Waals surface area (Å²) < 4.78 is 6.20. The van der Waals surface area contributed by atoms with Crippen molar-refractivity contribution in [1.82, 2.24) is 10.2 Å². The number of nitrogens with one attached hydrogen (secondary N) is 1. The third-order valence-corrected chi connectivity index (χ3v) is 3.43. The Hall–Kier alpha value is -2.20. The standard InChI is InChI=1S/C16H14N2OS/c1-2-19-12-7-5-6-11(10-12)15-13-8-3-4-9-14(13)16(20)18-17-15/h3-10H,2H2,1H3,(H,18,20). The van der Waals surface area contributed by atoms with E-state index >= 15 is 0 Å². The van der Waals surface area contributed by atoms with Crippen molar-refractivity contribution in [2.45, 2.75) is 6.92 Å². The monoisotopic (exact) mass is 282 g/mol. The van der Waals surface area contributed by atoms with Gasteiger partial charge in [0, 0.05) is 16.3 Å². The number of benzene rings is 2. The Morgan fingerprint density at radius 1 is 1.10 bits per heavy atom. The van der Waals surface area contributed by atoms with Crippen molar-refractivity contribution >= 4 is 23.0 Å². The highest BCUT2D eigenvalue weighted by Crippen LogP contribution is 2.28. The van der Waals surface area contributed by atoms with E-state index in [2.05, 4.69) is 10.2 Å². The van der Waals surface area contributed by atoms with Crippen LogP contribution in [0.5, 0.6) is 5.75 Å². The molecule has 0 bridgehead atoms. The highest BCUT2D eigenvalue weighted by Gasteiger charge is 2.07. The number of H-pyrrole nitrogens is 1. The quantitative estimate of drug-likeness (QED) is 0.725. The average molecular weight is 282 g/mol. The zero-order valence-corrected chi connectivity index (χ0v) is 11.9. The molecule has 2 aromatic carbocycles. The van der Waals surface area contributed by atoms with Crippen LogP contribution in [0.3, 0.4) is 0 Å². The Kier molecular flexibility index (Phi) is 3.48. The lowest BCUT2D eigenvalue weighted by Crippen LogP contribution is -1.94. The fourth-order valence-corrected chi connectivity index (χ4v) is 2.46. The van der Waals surface area contributed by atoms with Crippen LogP contribution in [0.1, 0.15) is 6.92 Å². The molecule has 0 saturated heterocycles. The Morgan fingerprint density at radius 3 is 2.70 bits per heavy atom. The van der Waals surface area contributed by atoms with E-state index in [1.54, 1.807) is 0 Å².